The Morgan fingerprint density at radius 1 is 1.21 bits per heavy atom. The molecule has 0 saturated heterocycles. The molecule has 2 N–H and O–H groups in total. The first kappa shape index (κ1) is 18.2. The minimum Gasteiger partial charge on any atom is -0.457 e. The van der Waals surface area contributed by atoms with E-state index < -0.39 is 0 Å². The van der Waals surface area contributed by atoms with Gasteiger partial charge in [-0.2, -0.15) is 5.26 Å². The molecule has 29 heavy (non-hydrogen) atoms. The van der Waals surface area contributed by atoms with E-state index in [9.17, 15) is 9.65 Å². The van der Waals surface area contributed by atoms with Crippen LogP contribution in [0.4, 0.5) is 15.9 Å². The van der Waals surface area contributed by atoms with Gasteiger partial charge in [0.1, 0.15) is 29.2 Å². The quantitative estimate of drug-likeness (QED) is 0.570. The highest BCUT2D eigenvalue weighted by Gasteiger charge is 2.29. The maximum atomic E-state index is 13.2. The lowest BCUT2D eigenvalue weighted by molar-refractivity contribution is 0.571. The smallest absolute Gasteiger partial charge is 0.231 e. The minimum atomic E-state index is -0.312. The first-order valence-corrected chi connectivity index (χ1v) is 8.81. The Balaban J connectivity index is 1.86. The normalized spacial score (nSPS) is 14.0. The number of nitrogen functional groups attached to an aromatic ring is 1. The second kappa shape index (κ2) is 6.78. The molecule has 2 heterocycles. The van der Waals surface area contributed by atoms with E-state index in [1.54, 1.807) is 31.2 Å². The summed E-state index contributed by atoms with van der Waals surface area (Å²) in [4.78, 5) is 7.81. The fourth-order valence-electron chi connectivity index (χ4n) is 3.53. The van der Waals surface area contributed by atoms with Crippen LogP contribution in [0.15, 0.2) is 46.4 Å². The number of fused-ring (bicyclic) bond motifs is 1. The Kier molecular flexibility index (Phi) is 4.26. The SMILES string of the molecule is [C-]#[N+]c1c(N)nc2c(c1C)/C(=C/c1ccc(-c3ccc(F)cc3)o1)C(C)=C2C#N. The van der Waals surface area contributed by atoms with Crippen LogP contribution in [0.1, 0.15) is 29.5 Å². The van der Waals surface area contributed by atoms with E-state index in [0.717, 1.165) is 22.3 Å². The zero-order valence-electron chi connectivity index (χ0n) is 15.7. The molecule has 0 spiro atoms. The summed E-state index contributed by atoms with van der Waals surface area (Å²) in [7, 11) is 0. The van der Waals surface area contributed by atoms with Gasteiger partial charge in [0.2, 0.25) is 5.69 Å². The molecule has 0 unspecified atom stereocenters. The molecule has 2 aromatic heterocycles. The number of halogens is 1. The third-order valence-corrected chi connectivity index (χ3v) is 4.99. The van der Waals surface area contributed by atoms with Crippen LogP contribution in [0.2, 0.25) is 0 Å². The number of hydrogen-bond acceptors (Lipinski definition) is 4. The molecule has 1 aliphatic carbocycles. The molecule has 0 radical (unpaired) electrons. The molecule has 0 aliphatic heterocycles. The summed E-state index contributed by atoms with van der Waals surface area (Å²) in [5.74, 6) is 0.984. The van der Waals surface area contributed by atoms with Crippen molar-refractivity contribution in [3.05, 3.63) is 81.8 Å². The third-order valence-electron chi connectivity index (χ3n) is 4.99. The number of allylic oxidation sites excluding steroid dienone is 3. The van der Waals surface area contributed by atoms with Crippen LogP contribution >= 0.6 is 0 Å². The Labute approximate surface area is 167 Å². The van der Waals surface area contributed by atoms with Gasteiger partial charge in [0.25, 0.3) is 0 Å². The average molecular weight is 382 g/mol. The number of rotatable bonds is 2. The standard InChI is InChI=1S/C23H15FN4O/c1-12-17(10-16-8-9-19(29-16)14-4-6-15(24)7-5-14)20-13(2)21(27-3)23(26)28-22(20)18(12)11-25/h4-10H,1-2H3,(H2,26,28)/b17-10+. The maximum absolute atomic E-state index is 13.2. The third kappa shape index (κ3) is 2.88. The Hall–Kier alpha value is -4.16. The number of pyridine rings is 1. The number of nitrogens with two attached hydrogens (primary N) is 1. The fraction of sp³-hybridized carbons (Fsp3) is 0.0870. The van der Waals surface area contributed by atoms with Gasteiger partial charge in [0.15, 0.2) is 0 Å². The van der Waals surface area contributed by atoms with Crippen molar-refractivity contribution in [1.29, 1.82) is 5.26 Å². The first-order chi connectivity index (χ1) is 13.9. The summed E-state index contributed by atoms with van der Waals surface area (Å²) >= 11 is 0. The zero-order chi connectivity index (χ0) is 20.7. The Morgan fingerprint density at radius 3 is 2.59 bits per heavy atom. The van der Waals surface area contributed by atoms with Gasteiger partial charge in [0.05, 0.1) is 17.8 Å². The van der Waals surface area contributed by atoms with E-state index in [1.165, 1.54) is 12.1 Å². The van der Waals surface area contributed by atoms with Crippen molar-refractivity contribution in [3.63, 3.8) is 0 Å². The molecule has 0 saturated carbocycles. The monoisotopic (exact) mass is 382 g/mol. The molecule has 0 bridgehead atoms. The van der Waals surface area contributed by atoms with Gasteiger partial charge in [-0.05, 0) is 73.0 Å². The van der Waals surface area contributed by atoms with Gasteiger partial charge < -0.3 is 10.2 Å². The van der Waals surface area contributed by atoms with E-state index in [0.29, 0.717) is 28.4 Å². The summed E-state index contributed by atoms with van der Waals surface area (Å²) in [5.41, 5.74) is 10.8. The second-order valence-corrected chi connectivity index (χ2v) is 6.68. The number of furan rings is 1. The molecule has 4 rings (SSSR count). The van der Waals surface area contributed by atoms with Gasteiger partial charge in [0, 0.05) is 11.1 Å². The Morgan fingerprint density at radius 2 is 1.93 bits per heavy atom. The second-order valence-electron chi connectivity index (χ2n) is 6.68. The number of nitrogens with zero attached hydrogens (tertiary/aromatic N) is 3. The summed E-state index contributed by atoms with van der Waals surface area (Å²) in [6.45, 7) is 11.0. The fourth-order valence-corrected chi connectivity index (χ4v) is 3.53. The van der Waals surface area contributed by atoms with Crippen LogP contribution in [-0.2, 0) is 0 Å². The van der Waals surface area contributed by atoms with Crippen LogP contribution in [0.3, 0.4) is 0 Å². The van der Waals surface area contributed by atoms with Crippen LogP contribution in [0, 0.1) is 30.6 Å². The van der Waals surface area contributed by atoms with Crippen molar-refractivity contribution in [2.24, 2.45) is 0 Å². The molecule has 0 amide bonds. The van der Waals surface area contributed by atoms with Gasteiger partial charge in [-0.25, -0.2) is 14.2 Å². The van der Waals surface area contributed by atoms with Crippen molar-refractivity contribution in [3.8, 4) is 17.4 Å². The average Bonchev–Trinajstić information content (AvgIpc) is 3.26. The highest BCUT2D eigenvalue weighted by molar-refractivity contribution is 6.09. The topological polar surface area (TPSA) is 80.2 Å². The van der Waals surface area contributed by atoms with Crippen molar-refractivity contribution < 1.29 is 8.81 Å². The number of nitriles is 1. The van der Waals surface area contributed by atoms with E-state index in [4.69, 9.17) is 16.7 Å². The van der Waals surface area contributed by atoms with Crippen molar-refractivity contribution in [1.82, 2.24) is 4.98 Å². The van der Waals surface area contributed by atoms with Crippen molar-refractivity contribution in [2.75, 3.05) is 5.73 Å². The lowest BCUT2D eigenvalue weighted by Gasteiger charge is -2.10. The molecule has 6 heteroatoms. The van der Waals surface area contributed by atoms with Crippen LogP contribution in [0.5, 0.6) is 0 Å². The predicted octanol–water partition coefficient (Wildman–Crippen LogP) is 5.77. The predicted molar refractivity (Wildman–Crippen MR) is 110 cm³/mol. The number of aromatic nitrogens is 1. The van der Waals surface area contributed by atoms with E-state index in [2.05, 4.69) is 15.9 Å². The maximum Gasteiger partial charge on any atom is 0.231 e. The van der Waals surface area contributed by atoms with E-state index in [-0.39, 0.29) is 17.3 Å². The van der Waals surface area contributed by atoms with Gasteiger partial charge >= 0.3 is 0 Å². The highest BCUT2D eigenvalue weighted by Crippen LogP contribution is 2.46. The van der Waals surface area contributed by atoms with Crippen LogP contribution < -0.4 is 5.73 Å². The number of benzene rings is 1. The lowest BCUT2D eigenvalue weighted by atomic mass is 9.98. The summed E-state index contributed by atoms with van der Waals surface area (Å²) < 4.78 is 19.1. The van der Waals surface area contributed by atoms with Crippen LogP contribution in [-0.4, -0.2) is 4.98 Å². The molecular weight excluding hydrogens is 367 g/mol. The summed E-state index contributed by atoms with van der Waals surface area (Å²) in [5, 5.41) is 9.62. The largest absolute Gasteiger partial charge is 0.457 e. The molecule has 1 aliphatic rings. The lowest BCUT2D eigenvalue weighted by Crippen LogP contribution is -1.99. The molecule has 5 nitrogen and oxygen atoms in total. The highest BCUT2D eigenvalue weighted by atomic mass is 19.1. The van der Waals surface area contributed by atoms with Gasteiger partial charge in [-0.3, -0.25) is 0 Å². The zero-order valence-corrected chi connectivity index (χ0v) is 15.7. The number of hydrogen-bond donors (Lipinski definition) is 1. The van der Waals surface area contributed by atoms with Crippen molar-refractivity contribution >= 4 is 28.7 Å². The van der Waals surface area contributed by atoms with Gasteiger partial charge in [-0.1, -0.05) is 0 Å². The number of anilines is 1. The molecule has 0 fully saturated rings. The summed E-state index contributed by atoms with van der Waals surface area (Å²) in [6, 6.07) is 11.8. The van der Waals surface area contributed by atoms with Crippen LogP contribution in [0.25, 0.3) is 33.4 Å². The van der Waals surface area contributed by atoms with Gasteiger partial charge in [-0.15, -0.1) is 0 Å². The summed E-state index contributed by atoms with van der Waals surface area (Å²) in [6.07, 6.45) is 1.82. The molecule has 0 atom stereocenters. The molecule has 1 aromatic carbocycles. The molecule has 140 valence electrons. The van der Waals surface area contributed by atoms with Crippen molar-refractivity contribution in [2.45, 2.75) is 13.8 Å². The first-order valence-electron chi connectivity index (χ1n) is 8.81. The Bertz CT molecular complexity index is 1300. The minimum absolute atomic E-state index is 0.120. The molecule has 3 aromatic rings. The molecular formula is C23H15FN4O. The van der Waals surface area contributed by atoms with E-state index in [1.807, 2.05) is 13.0 Å². The van der Waals surface area contributed by atoms with E-state index >= 15 is 0 Å².